The lowest BCUT2D eigenvalue weighted by Gasteiger charge is -2.50. The maximum absolute atomic E-state index is 15.3. The molecule has 6 unspecified atom stereocenters. The molecule has 3 fully saturated rings. The van der Waals surface area contributed by atoms with Crippen LogP contribution >= 0.6 is 0 Å². The Morgan fingerprint density at radius 3 is 2.20 bits per heavy atom. The van der Waals surface area contributed by atoms with Crippen molar-refractivity contribution in [2.45, 2.75) is 57.4 Å². The number of hydrazine groups is 1. The number of amides is 4. The molecule has 4 aromatic rings. The number of phenolic OH excluding ortho intramolecular Hbond substituents is 1. The molecule has 4 aromatic carbocycles. The monoisotopic (exact) mass is 653 g/mol. The summed E-state index contributed by atoms with van der Waals surface area (Å²) in [5.74, 6) is -4.60. The van der Waals surface area contributed by atoms with Crippen LogP contribution in [-0.4, -0.2) is 44.2 Å². The molecule has 4 amide bonds. The van der Waals surface area contributed by atoms with Crippen LogP contribution in [0.15, 0.2) is 103 Å². The Balaban J connectivity index is 1.38. The highest BCUT2D eigenvalue weighted by Gasteiger charge is 2.71. The Morgan fingerprint density at radius 1 is 0.796 bits per heavy atom. The SMILES string of the molecule is Cc1ccc(NN2C(=O)C3CC4C(=CCC5C(=O)N(C(C)(C)C)C(=O)C54)C(c4ccc5ccccc5c4O)C3(c3ccccc3)C2=O)cc1. The van der Waals surface area contributed by atoms with Gasteiger partial charge in [-0.2, -0.15) is 5.01 Å². The van der Waals surface area contributed by atoms with Crippen LogP contribution in [0.4, 0.5) is 5.69 Å². The van der Waals surface area contributed by atoms with Gasteiger partial charge in [-0.05, 0) is 69.5 Å². The first-order valence-corrected chi connectivity index (χ1v) is 17.0. The molecule has 4 aliphatic rings. The van der Waals surface area contributed by atoms with Crippen LogP contribution < -0.4 is 5.43 Å². The van der Waals surface area contributed by atoms with Crippen molar-refractivity contribution in [3.05, 3.63) is 119 Å². The molecule has 8 rings (SSSR count). The summed E-state index contributed by atoms with van der Waals surface area (Å²) in [5.41, 5.74) is 4.61. The number of carbonyl (C=O) groups is 4. The maximum atomic E-state index is 15.3. The van der Waals surface area contributed by atoms with Crippen LogP contribution in [0.25, 0.3) is 10.8 Å². The van der Waals surface area contributed by atoms with E-state index < -0.39 is 52.4 Å². The number of allylic oxidation sites excluding steroid dienone is 2. The van der Waals surface area contributed by atoms with Crippen LogP contribution in [0.1, 0.15) is 56.2 Å². The van der Waals surface area contributed by atoms with Gasteiger partial charge in [-0.1, -0.05) is 96.1 Å². The van der Waals surface area contributed by atoms with E-state index in [1.807, 2.05) is 125 Å². The largest absolute Gasteiger partial charge is 0.507 e. The summed E-state index contributed by atoms with van der Waals surface area (Å²) in [6.45, 7) is 7.55. The molecular weight excluding hydrogens is 614 g/mol. The van der Waals surface area contributed by atoms with Crippen LogP contribution in [-0.2, 0) is 24.6 Å². The van der Waals surface area contributed by atoms with Gasteiger partial charge < -0.3 is 5.11 Å². The second-order valence-electron chi connectivity index (χ2n) is 15.0. The van der Waals surface area contributed by atoms with E-state index in [9.17, 15) is 19.5 Å². The molecule has 2 N–H and O–H groups in total. The molecule has 248 valence electrons. The normalized spacial score (nSPS) is 28.0. The molecule has 8 nitrogen and oxygen atoms in total. The fourth-order valence-corrected chi connectivity index (χ4v) is 9.26. The topological polar surface area (TPSA) is 107 Å². The van der Waals surface area contributed by atoms with Crippen molar-refractivity contribution in [2.24, 2.45) is 23.7 Å². The summed E-state index contributed by atoms with van der Waals surface area (Å²) in [4.78, 5) is 59.7. The summed E-state index contributed by atoms with van der Waals surface area (Å²) in [6, 6.07) is 28.2. The van der Waals surface area contributed by atoms with Gasteiger partial charge >= 0.3 is 0 Å². The maximum Gasteiger partial charge on any atom is 0.260 e. The number of carbonyl (C=O) groups excluding carboxylic acids is 4. The fourth-order valence-electron chi connectivity index (χ4n) is 9.26. The smallest absolute Gasteiger partial charge is 0.260 e. The Morgan fingerprint density at radius 2 is 1.49 bits per heavy atom. The first-order valence-electron chi connectivity index (χ1n) is 17.0. The average molecular weight is 654 g/mol. The third-order valence-corrected chi connectivity index (χ3v) is 11.3. The van der Waals surface area contributed by atoms with Crippen molar-refractivity contribution in [3.8, 4) is 5.75 Å². The number of hydrogen-bond donors (Lipinski definition) is 2. The zero-order chi connectivity index (χ0) is 34.4. The number of imide groups is 2. The van der Waals surface area contributed by atoms with E-state index in [0.29, 0.717) is 28.6 Å². The van der Waals surface area contributed by atoms with E-state index in [-0.39, 0.29) is 24.0 Å². The molecule has 2 heterocycles. The Labute approximate surface area is 285 Å². The van der Waals surface area contributed by atoms with Gasteiger partial charge in [-0.3, -0.25) is 29.5 Å². The number of nitrogens with zero attached hydrogens (tertiary/aromatic N) is 2. The van der Waals surface area contributed by atoms with E-state index >= 15 is 4.79 Å². The van der Waals surface area contributed by atoms with Crippen LogP contribution in [0.3, 0.4) is 0 Å². The molecule has 2 saturated heterocycles. The molecule has 8 heteroatoms. The fraction of sp³-hybridized carbons (Fsp3) is 0.317. The zero-order valence-electron chi connectivity index (χ0n) is 28.0. The Bertz CT molecular complexity index is 2080. The zero-order valence-corrected chi connectivity index (χ0v) is 28.0. The number of rotatable bonds is 4. The van der Waals surface area contributed by atoms with Crippen molar-refractivity contribution in [3.63, 3.8) is 0 Å². The lowest BCUT2D eigenvalue weighted by Crippen LogP contribution is -2.53. The predicted octanol–water partition coefficient (Wildman–Crippen LogP) is 6.64. The Kier molecular flexibility index (Phi) is 6.90. The number of anilines is 1. The van der Waals surface area contributed by atoms with Crippen molar-refractivity contribution in [1.29, 1.82) is 0 Å². The highest BCUT2D eigenvalue weighted by Crippen LogP contribution is 2.65. The molecule has 0 bridgehead atoms. The number of fused-ring (bicyclic) bond motifs is 5. The molecule has 0 aromatic heterocycles. The van der Waals surface area contributed by atoms with E-state index in [4.69, 9.17) is 0 Å². The first kappa shape index (κ1) is 31.1. The second-order valence-corrected chi connectivity index (χ2v) is 15.0. The average Bonchev–Trinajstić information content (AvgIpc) is 3.48. The van der Waals surface area contributed by atoms with Crippen LogP contribution in [0.5, 0.6) is 5.75 Å². The Hall–Kier alpha value is -5.24. The number of phenols is 1. The minimum atomic E-state index is -1.44. The number of hydrogen-bond acceptors (Lipinski definition) is 6. The van der Waals surface area contributed by atoms with Gasteiger partial charge in [-0.15, -0.1) is 0 Å². The summed E-state index contributed by atoms with van der Waals surface area (Å²) < 4.78 is 0. The minimum absolute atomic E-state index is 0.0381. The highest BCUT2D eigenvalue weighted by molar-refractivity contribution is 6.13. The first-order chi connectivity index (χ1) is 23.4. The summed E-state index contributed by atoms with van der Waals surface area (Å²) >= 11 is 0. The molecule has 49 heavy (non-hydrogen) atoms. The van der Waals surface area contributed by atoms with Gasteiger partial charge in [0.25, 0.3) is 11.8 Å². The summed E-state index contributed by atoms with van der Waals surface area (Å²) in [7, 11) is 0. The third-order valence-electron chi connectivity index (χ3n) is 11.3. The lowest BCUT2D eigenvalue weighted by atomic mass is 9.49. The molecule has 0 spiro atoms. The van der Waals surface area contributed by atoms with Crippen molar-refractivity contribution >= 4 is 40.1 Å². The number of aromatic hydroxyl groups is 1. The van der Waals surface area contributed by atoms with Crippen molar-refractivity contribution in [2.75, 3.05) is 5.43 Å². The van der Waals surface area contributed by atoms with E-state index in [1.54, 1.807) is 0 Å². The minimum Gasteiger partial charge on any atom is -0.507 e. The summed E-state index contributed by atoms with van der Waals surface area (Å²) in [5, 5.41) is 14.7. The van der Waals surface area contributed by atoms with Gasteiger partial charge in [0, 0.05) is 22.4 Å². The predicted molar refractivity (Wildman–Crippen MR) is 186 cm³/mol. The second kappa shape index (κ2) is 10.9. The van der Waals surface area contributed by atoms with Gasteiger partial charge in [0.15, 0.2) is 0 Å². The molecular formula is C41H39N3O5. The van der Waals surface area contributed by atoms with Gasteiger partial charge in [0.2, 0.25) is 11.8 Å². The molecule has 6 atom stereocenters. The van der Waals surface area contributed by atoms with Crippen LogP contribution in [0.2, 0.25) is 0 Å². The van der Waals surface area contributed by atoms with Gasteiger partial charge in [0.1, 0.15) is 5.75 Å². The van der Waals surface area contributed by atoms with Gasteiger partial charge in [-0.25, -0.2) is 0 Å². The standard InChI is InChI=1S/C41H39N3O5/c1-23-14-17-26(18-15-23)42-44-37(47)32-22-31-28(20-21-29-33(31)38(48)43(36(29)46)40(2,3)4)34(41(32,39(44)49)25-11-6-5-7-12-25)30-19-16-24-10-8-9-13-27(24)35(30)45/h5-20,29,31-34,42,45H,21-22H2,1-4H3. The molecule has 1 saturated carbocycles. The molecule has 2 aliphatic heterocycles. The van der Waals surface area contributed by atoms with Gasteiger partial charge in [0.05, 0.1) is 28.9 Å². The molecule has 2 aliphatic carbocycles. The third kappa shape index (κ3) is 4.35. The number of likely N-dealkylation sites (tertiary alicyclic amines) is 1. The lowest BCUT2D eigenvalue weighted by molar-refractivity contribution is -0.146. The van der Waals surface area contributed by atoms with E-state index in [2.05, 4.69) is 5.43 Å². The highest BCUT2D eigenvalue weighted by atomic mass is 16.3. The quantitative estimate of drug-likeness (QED) is 0.189. The summed E-state index contributed by atoms with van der Waals surface area (Å²) in [6.07, 6.45) is 2.57. The van der Waals surface area contributed by atoms with Crippen molar-refractivity contribution in [1.82, 2.24) is 9.91 Å². The van der Waals surface area contributed by atoms with E-state index in [0.717, 1.165) is 21.5 Å². The van der Waals surface area contributed by atoms with E-state index in [1.165, 1.54) is 4.90 Å². The number of benzene rings is 4. The van der Waals surface area contributed by atoms with Crippen LogP contribution in [0, 0.1) is 30.6 Å². The number of aryl methyl sites for hydroxylation is 1. The molecule has 0 radical (unpaired) electrons. The van der Waals surface area contributed by atoms with Crippen molar-refractivity contribution < 1.29 is 24.3 Å². The number of nitrogens with one attached hydrogen (secondary N) is 1.